The molecule has 0 atom stereocenters. The molecule has 2 aromatic carbocycles. The van der Waals surface area contributed by atoms with Gasteiger partial charge >= 0.3 is 0 Å². The molecule has 0 aliphatic carbocycles. The number of benzene rings is 2. The van der Waals surface area contributed by atoms with Crippen LogP contribution in [-0.4, -0.2) is 68.1 Å². The molecule has 0 unspecified atom stereocenters. The van der Waals surface area contributed by atoms with E-state index in [1.165, 1.54) is 6.07 Å². The highest BCUT2D eigenvalue weighted by atomic mass is 35.5. The second kappa shape index (κ2) is 12.1. The van der Waals surface area contributed by atoms with Crippen LogP contribution >= 0.6 is 12.4 Å². The standard InChI is InChI=1S/C12H17N3O.C10H13N3O2.ClH/c1-10(16)14-5-7-15(8-6-14)12-4-2-3-11(13)9-12;14-13(15)10-3-1-2-9(8-10)12-6-4-11-5-7-12;/h2-4,9H,5-8,13H2,1H3;1-3,8,11H,4-7H2;1H. The summed E-state index contributed by atoms with van der Waals surface area (Å²) in [5.74, 6) is 0.159. The summed E-state index contributed by atoms with van der Waals surface area (Å²) < 4.78 is 0. The number of nitrogens with two attached hydrogens (primary N) is 1. The van der Waals surface area contributed by atoms with Crippen LogP contribution in [0.2, 0.25) is 0 Å². The van der Waals surface area contributed by atoms with Gasteiger partial charge in [0.2, 0.25) is 5.91 Å². The maximum Gasteiger partial charge on any atom is 0.271 e. The number of hydrogen-bond donors (Lipinski definition) is 2. The van der Waals surface area contributed by atoms with Gasteiger partial charge in [-0.25, -0.2) is 0 Å². The fraction of sp³-hybridized carbons (Fsp3) is 0.409. The molecule has 174 valence electrons. The number of nitro benzene ring substituents is 1. The lowest BCUT2D eigenvalue weighted by Gasteiger charge is -2.35. The highest BCUT2D eigenvalue weighted by molar-refractivity contribution is 5.85. The van der Waals surface area contributed by atoms with Gasteiger partial charge in [-0.3, -0.25) is 14.9 Å². The number of non-ortho nitro benzene ring substituents is 1. The van der Waals surface area contributed by atoms with Crippen molar-refractivity contribution in [3.8, 4) is 0 Å². The summed E-state index contributed by atoms with van der Waals surface area (Å²) in [6.07, 6.45) is 0. The summed E-state index contributed by atoms with van der Waals surface area (Å²) >= 11 is 0. The number of halogens is 1. The van der Waals surface area contributed by atoms with Crippen molar-refractivity contribution < 1.29 is 9.72 Å². The molecular formula is C22H31ClN6O3. The molecule has 10 heteroatoms. The molecule has 0 aromatic heterocycles. The lowest BCUT2D eigenvalue weighted by molar-refractivity contribution is -0.384. The van der Waals surface area contributed by atoms with Gasteiger partial charge in [0, 0.05) is 88.5 Å². The van der Waals surface area contributed by atoms with Gasteiger partial charge in [0.25, 0.3) is 5.69 Å². The van der Waals surface area contributed by atoms with Crippen molar-refractivity contribution in [2.45, 2.75) is 6.92 Å². The summed E-state index contributed by atoms with van der Waals surface area (Å²) in [4.78, 5) is 27.7. The minimum Gasteiger partial charge on any atom is -0.399 e. The molecule has 2 saturated heterocycles. The second-order valence-electron chi connectivity index (χ2n) is 7.60. The highest BCUT2D eigenvalue weighted by Gasteiger charge is 2.18. The molecule has 0 saturated carbocycles. The Bertz CT molecular complexity index is 899. The molecule has 2 heterocycles. The van der Waals surface area contributed by atoms with Gasteiger partial charge in [0.15, 0.2) is 0 Å². The number of anilines is 3. The molecule has 9 nitrogen and oxygen atoms in total. The van der Waals surface area contributed by atoms with Gasteiger partial charge in [-0.2, -0.15) is 0 Å². The molecule has 0 bridgehead atoms. The Morgan fingerprint density at radius 1 is 0.938 bits per heavy atom. The number of nitro groups is 1. The fourth-order valence-electron chi connectivity index (χ4n) is 3.73. The van der Waals surface area contributed by atoms with Crippen LogP contribution in [0.4, 0.5) is 22.7 Å². The molecular weight excluding hydrogens is 432 g/mol. The van der Waals surface area contributed by atoms with E-state index in [0.29, 0.717) is 0 Å². The Hall–Kier alpha value is -3.04. The Morgan fingerprint density at radius 3 is 2.06 bits per heavy atom. The van der Waals surface area contributed by atoms with E-state index in [9.17, 15) is 14.9 Å². The van der Waals surface area contributed by atoms with Crippen LogP contribution in [0.3, 0.4) is 0 Å². The molecule has 32 heavy (non-hydrogen) atoms. The van der Waals surface area contributed by atoms with Gasteiger partial charge in [0.1, 0.15) is 0 Å². The average molecular weight is 463 g/mol. The molecule has 0 spiro atoms. The molecule has 4 rings (SSSR count). The van der Waals surface area contributed by atoms with E-state index < -0.39 is 0 Å². The van der Waals surface area contributed by atoms with Crippen LogP contribution < -0.4 is 20.9 Å². The lowest BCUT2D eigenvalue weighted by atomic mass is 10.2. The summed E-state index contributed by atoms with van der Waals surface area (Å²) in [7, 11) is 0. The summed E-state index contributed by atoms with van der Waals surface area (Å²) in [6, 6.07) is 14.7. The van der Waals surface area contributed by atoms with Gasteiger partial charge in [-0.1, -0.05) is 12.1 Å². The first-order valence-corrected chi connectivity index (χ1v) is 10.5. The summed E-state index contributed by atoms with van der Waals surface area (Å²) in [6.45, 7) is 8.64. The predicted octanol–water partition coefficient (Wildman–Crippen LogP) is 2.36. The number of carbonyl (C=O) groups excluding carboxylic acids is 1. The smallest absolute Gasteiger partial charge is 0.271 e. The minimum atomic E-state index is -0.355. The first kappa shape index (κ1) is 25.2. The zero-order valence-electron chi connectivity index (χ0n) is 18.3. The Labute approximate surface area is 194 Å². The number of hydrogen-bond acceptors (Lipinski definition) is 7. The third-order valence-electron chi connectivity index (χ3n) is 5.48. The van der Waals surface area contributed by atoms with Gasteiger partial charge in [-0.15, -0.1) is 12.4 Å². The molecule has 2 aliphatic heterocycles. The molecule has 2 aromatic rings. The highest BCUT2D eigenvalue weighted by Crippen LogP contribution is 2.21. The number of nitrogens with one attached hydrogen (secondary N) is 1. The maximum atomic E-state index is 11.2. The lowest BCUT2D eigenvalue weighted by Crippen LogP contribution is -2.48. The van der Waals surface area contributed by atoms with Gasteiger partial charge in [0.05, 0.1) is 4.92 Å². The summed E-state index contributed by atoms with van der Waals surface area (Å²) in [5, 5.41) is 13.9. The maximum absolute atomic E-state index is 11.2. The van der Waals surface area contributed by atoms with Gasteiger partial charge in [-0.05, 0) is 24.3 Å². The van der Waals surface area contributed by atoms with Crippen molar-refractivity contribution in [3.63, 3.8) is 0 Å². The predicted molar refractivity (Wildman–Crippen MR) is 131 cm³/mol. The quantitative estimate of drug-likeness (QED) is 0.409. The van der Waals surface area contributed by atoms with E-state index in [2.05, 4.69) is 21.2 Å². The van der Waals surface area contributed by atoms with E-state index in [4.69, 9.17) is 5.73 Å². The SMILES string of the molecule is CC(=O)N1CCN(c2cccc(N)c2)CC1.Cl.O=[N+]([O-])c1cccc(N2CCNCC2)c1. The van der Waals surface area contributed by atoms with Crippen LogP contribution in [0.25, 0.3) is 0 Å². The van der Waals surface area contributed by atoms with Gasteiger partial charge < -0.3 is 25.8 Å². The number of carbonyl (C=O) groups is 1. The number of nitrogen functional groups attached to an aromatic ring is 1. The zero-order valence-corrected chi connectivity index (χ0v) is 19.1. The third kappa shape index (κ3) is 7.00. The zero-order chi connectivity index (χ0) is 22.2. The van der Waals surface area contributed by atoms with Crippen LogP contribution in [-0.2, 0) is 4.79 Å². The van der Waals surface area contributed by atoms with Crippen LogP contribution in [0.1, 0.15) is 6.92 Å². The monoisotopic (exact) mass is 462 g/mol. The van der Waals surface area contributed by atoms with Crippen molar-refractivity contribution in [1.29, 1.82) is 0 Å². The third-order valence-corrected chi connectivity index (χ3v) is 5.48. The van der Waals surface area contributed by atoms with E-state index >= 15 is 0 Å². The molecule has 1 amide bonds. The van der Waals surface area contributed by atoms with E-state index in [1.54, 1.807) is 19.1 Å². The molecule has 0 radical (unpaired) electrons. The molecule has 3 N–H and O–H groups in total. The Morgan fingerprint density at radius 2 is 1.50 bits per heavy atom. The summed E-state index contributed by atoms with van der Waals surface area (Å²) in [5.41, 5.74) is 8.77. The second-order valence-corrected chi connectivity index (χ2v) is 7.60. The normalized spacial score (nSPS) is 15.8. The fourth-order valence-corrected chi connectivity index (χ4v) is 3.73. The van der Waals surface area contributed by atoms with Crippen LogP contribution in [0.5, 0.6) is 0 Å². The topological polar surface area (TPSA) is 108 Å². The van der Waals surface area contributed by atoms with Crippen molar-refractivity contribution in [2.24, 2.45) is 0 Å². The van der Waals surface area contributed by atoms with E-state index in [-0.39, 0.29) is 28.9 Å². The minimum absolute atomic E-state index is 0. The first-order valence-electron chi connectivity index (χ1n) is 10.5. The number of nitrogens with zero attached hydrogens (tertiary/aromatic N) is 4. The number of amides is 1. The molecule has 2 fully saturated rings. The van der Waals surface area contributed by atoms with Crippen molar-refractivity contribution in [1.82, 2.24) is 10.2 Å². The van der Waals surface area contributed by atoms with E-state index in [1.807, 2.05) is 29.2 Å². The van der Waals surface area contributed by atoms with Crippen LogP contribution in [0, 0.1) is 10.1 Å². The number of rotatable bonds is 3. The van der Waals surface area contributed by atoms with E-state index in [0.717, 1.165) is 69.4 Å². The molecule has 2 aliphatic rings. The Balaban J connectivity index is 0.000000220. The first-order chi connectivity index (χ1) is 14.9. The Kier molecular flexibility index (Phi) is 9.55. The largest absolute Gasteiger partial charge is 0.399 e. The average Bonchev–Trinajstić information content (AvgIpc) is 2.80. The number of piperazine rings is 2. The van der Waals surface area contributed by atoms with Crippen molar-refractivity contribution in [2.75, 3.05) is 67.9 Å². The van der Waals surface area contributed by atoms with Crippen molar-refractivity contribution in [3.05, 3.63) is 58.6 Å². The van der Waals surface area contributed by atoms with Crippen molar-refractivity contribution >= 4 is 41.1 Å². The van der Waals surface area contributed by atoms with Crippen LogP contribution in [0.15, 0.2) is 48.5 Å².